The first-order valence-corrected chi connectivity index (χ1v) is 15.6. The van der Waals surface area contributed by atoms with Gasteiger partial charge in [0.25, 0.3) is 5.91 Å². The van der Waals surface area contributed by atoms with E-state index in [2.05, 4.69) is 37.1 Å². The van der Waals surface area contributed by atoms with Crippen LogP contribution in [0, 0.1) is 12.8 Å². The summed E-state index contributed by atoms with van der Waals surface area (Å²) in [6.45, 7) is 12.3. The summed E-state index contributed by atoms with van der Waals surface area (Å²) in [6.07, 6.45) is -4.71. The number of nitrogens with zero attached hydrogens (tertiary/aromatic N) is 3. The van der Waals surface area contributed by atoms with Crippen molar-refractivity contribution in [3.05, 3.63) is 75.9 Å². The maximum Gasteiger partial charge on any atom is 0.254 e. The van der Waals surface area contributed by atoms with Crippen molar-refractivity contribution in [2.24, 2.45) is 5.92 Å². The third-order valence-corrected chi connectivity index (χ3v) is 9.59. The van der Waals surface area contributed by atoms with E-state index in [1.807, 2.05) is 50.5 Å². The quantitative estimate of drug-likeness (QED) is 0.350. The lowest BCUT2D eigenvalue weighted by Gasteiger charge is -2.40. The number of carbonyl (C=O) groups is 2. The molecule has 2 aliphatic rings. The lowest BCUT2D eigenvalue weighted by Crippen LogP contribution is -2.59. The van der Waals surface area contributed by atoms with Crippen LogP contribution < -0.4 is 5.32 Å². The predicted molar refractivity (Wildman–Crippen MR) is 165 cm³/mol. The van der Waals surface area contributed by atoms with E-state index in [0.29, 0.717) is 12.1 Å². The number of nitrogens with one attached hydrogen (secondary N) is 1. The highest BCUT2D eigenvalue weighted by atomic mass is 32.1. The Balaban J connectivity index is 1.37. The number of hydrogen-bond acceptors (Lipinski definition) is 7. The van der Waals surface area contributed by atoms with E-state index in [0.717, 1.165) is 32.8 Å². The van der Waals surface area contributed by atoms with Crippen LogP contribution in [-0.4, -0.2) is 73.9 Å². The molecule has 1 aromatic heterocycles. The number of alkyl halides is 1. The number of aromatic nitrogens is 1. The summed E-state index contributed by atoms with van der Waals surface area (Å²) < 4.78 is 15.5. The second-order valence-electron chi connectivity index (χ2n) is 13.0. The molecule has 43 heavy (non-hydrogen) atoms. The number of aliphatic hydroxyl groups is 2. The zero-order valence-corrected chi connectivity index (χ0v) is 26.4. The monoisotopic (exact) mass is 608 g/mol. The molecular weight excluding hydrogens is 567 g/mol. The Labute approximate surface area is 256 Å². The molecule has 0 aliphatic carbocycles. The topological polar surface area (TPSA) is 106 Å². The number of halogens is 1. The molecule has 2 aliphatic heterocycles. The third-order valence-electron chi connectivity index (χ3n) is 8.61. The number of aliphatic hydroxyl groups excluding tert-OH is 2. The fraction of sp³-hybridized carbons (Fsp3) is 0.485. The third kappa shape index (κ3) is 5.98. The second kappa shape index (κ2) is 12.1. The maximum atomic E-state index is 15.5. The van der Waals surface area contributed by atoms with Crippen LogP contribution in [0.5, 0.6) is 0 Å². The van der Waals surface area contributed by atoms with Crippen molar-refractivity contribution in [1.29, 1.82) is 0 Å². The van der Waals surface area contributed by atoms with E-state index in [-0.39, 0.29) is 30.3 Å². The number of aryl methyl sites for hydroxylation is 1. The first-order valence-electron chi connectivity index (χ1n) is 14.8. The Bertz CT molecular complexity index is 1500. The Kier molecular flexibility index (Phi) is 8.77. The molecule has 3 heterocycles. The molecule has 2 aromatic carbocycles. The molecule has 0 bridgehead atoms. The highest BCUT2D eigenvalue weighted by Gasteiger charge is 2.51. The summed E-state index contributed by atoms with van der Waals surface area (Å²) in [5, 5.41) is 25.0. The largest absolute Gasteiger partial charge is 0.389 e. The highest BCUT2D eigenvalue weighted by molar-refractivity contribution is 7.13. The Morgan fingerprint density at radius 2 is 1.93 bits per heavy atom. The molecule has 3 N–H and O–H groups in total. The molecule has 3 unspecified atom stereocenters. The summed E-state index contributed by atoms with van der Waals surface area (Å²) in [5.74, 6) is -1.04. The molecule has 1 saturated heterocycles. The molecule has 8 nitrogen and oxygen atoms in total. The van der Waals surface area contributed by atoms with Gasteiger partial charge in [-0.2, -0.15) is 0 Å². The van der Waals surface area contributed by atoms with Crippen LogP contribution in [0.2, 0.25) is 0 Å². The minimum Gasteiger partial charge on any atom is -0.389 e. The molecule has 10 heteroatoms. The number of rotatable bonds is 8. The Morgan fingerprint density at radius 3 is 2.56 bits per heavy atom. The van der Waals surface area contributed by atoms with E-state index >= 15 is 4.39 Å². The Morgan fingerprint density at radius 1 is 1.21 bits per heavy atom. The molecule has 5 atom stereocenters. The number of amides is 2. The van der Waals surface area contributed by atoms with Gasteiger partial charge >= 0.3 is 0 Å². The first kappa shape index (κ1) is 31.3. The number of likely N-dealkylation sites (tertiary alicyclic amines) is 1. The Hall–Kier alpha value is -3.18. The summed E-state index contributed by atoms with van der Waals surface area (Å²) in [6, 6.07) is 11.3. The number of carbonyl (C=O) groups excluding carboxylic acids is 2. The number of fused-ring (bicyclic) bond motifs is 1. The van der Waals surface area contributed by atoms with Crippen LogP contribution in [0.1, 0.15) is 67.4 Å². The van der Waals surface area contributed by atoms with Gasteiger partial charge in [-0.05, 0) is 52.6 Å². The van der Waals surface area contributed by atoms with Crippen molar-refractivity contribution >= 4 is 23.2 Å². The lowest BCUT2D eigenvalue weighted by molar-refractivity contribution is -0.135. The fourth-order valence-electron chi connectivity index (χ4n) is 6.41. The molecule has 0 saturated carbocycles. The molecule has 0 radical (unpaired) electrons. The zero-order valence-electron chi connectivity index (χ0n) is 25.5. The van der Waals surface area contributed by atoms with Gasteiger partial charge in [0.2, 0.25) is 5.91 Å². The first-order chi connectivity index (χ1) is 20.3. The zero-order chi connectivity index (χ0) is 31.2. The van der Waals surface area contributed by atoms with E-state index in [1.54, 1.807) is 28.4 Å². The standard InChI is InChI=1S/C33H41FN4O4S/c1-18(2)27(37-15-22-9-7-8-10-23(22)31(37)41)32(42)38-16-25(39)26(34)28(38)30(40)35-14-21-12-11-20(13-24(21)33(4,5)6)29-19(3)36-17-43-29/h7-13,17-18,25-28,32,39,42H,14-16H2,1-6H3,(H,35,40)/t25-,26-,27?,28?,32?/m0/s1. The minimum atomic E-state index is -1.90. The van der Waals surface area contributed by atoms with Crippen LogP contribution >= 0.6 is 11.3 Å². The van der Waals surface area contributed by atoms with Gasteiger partial charge in [0.1, 0.15) is 18.4 Å². The number of hydrogen-bond donors (Lipinski definition) is 3. The summed E-state index contributed by atoms with van der Waals surface area (Å²) in [7, 11) is 0. The highest BCUT2D eigenvalue weighted by Crippen LogP contribution is 2.35. The van der Waals surface area contributed by atoms with Gasteiger partial charge in [0.05, 0.1) is 22.1 Å². The normalized spacial score (nSPS) is 22.2. The van der Waals surface area contributed by atoms with Crippen molar-refractivity contribution in [2.45, 2.75) is 90.6 Å². The minimum absolute atomic E-state index is 0.157. The predicted octanol–water partition coefficient (Wildman–Crippen LogP) is 4.41. The van der Waals surface area contributed by atoms with Crippen molar-refractivity contribution in [2.75, 3.05) is 6.54 Å². The summed E-state index contributed by atoms with van der Waals surface area (Å²) >= 11 is 1.58. The van der Waals surface area contributed by atoms with Gasteiger partial charge in [-0.1, -0.05) is 65.0 Å². The molecule has 5 rings (SSSR count). The molecule has 3 aromatic rings. The second-order valence-corrected chi connectivity index (χ2v) is 13.9. The number of thiazole rings is 1. The summed E-state index contributed by atoms with van der Waals surface area (Å²) in [5.41, 5.74) is 6.97. The maximum absolute atomic E-state index is 15.5. The average molecular weight is 609 g/mol. The lowest BCUT2D eigenvalue weighted by atomic mass is 9.82. The molecule has 1 fully saturated rings. The van der Waals surface area contributed by atoms with Crippen LogP contribution in [0.4, 0.5) is 4.39 Å². The van der Waals surface area contributed by atoms with E-state index in [1.165, 1.54) is 4.90 Å². The van der Waals surface area contributed by atoms with Crippen molar-refractivity contribution in [1.82, 2.24) is 20.1 Å². The smallest absolute Gasteiger partial charge is 0.254 e. The van der Waals surface area contributed by atoms with Gasteiger partial charge in [-0.25, -0.2) is 9.37 Å². The van der Waals surface area contributed by atoms with Crippen molar-refractivity contribution in [3.8, 4) is 10.4 Å². The van der Waals surface area contributed by atoms with Gasteiger partial charge in [-0.15, -0.1) is 11.3 Å². The summed E-state index contributed by atoms with van der Waals surface area (Å²) in [4.78, 5) is 35.2. The van der Waals surface area contributed by atoms with Crippen molar-refractivity contribution in [3.63, 3.8) is 0 Å². The van der Waals surface area contributed by atoms with E-state index in [9.17, 15) is 19.8 Å². The molecule has 230 valence electrons. The van der Waals surface area contributed by atoms with Gasteiger partial charge in [0, 0.05) is 25.2 Å². The van der Waals surface area contributed by atoms with E-state index < -0.39 is 36.5 Å². The molecular formula is C33H41FN4O4S. The van der Waals surface area contributed by atoms with Gasteiger partial charge in [-0.3, -0.25) is 14.5 Å². The van der Waals surface area contributed by atoms with Crippen LogP contribution in [-0.2, 0) is 23.3 Å². The van der Waals surface area contributed by atoms with Crippen LogP contribution in [0.25, 0.3) is 10.4 Å². The molecule has 0 spiro atoms. The van der Waals surface area contributed by atoms with Crippen LogP contribution in [0.15, 0.2) is 48.0 Å². The number of benzene rings is 2. The molecule has 2 amide bonds. The van der Waals surface area contributed by atoms with Gasteiger partial charge in [0.15, 0.2) is 6.17 Å². The average Bonchev–Trinajstić information content (AvgIpc) is 3.62. The van der Waals surface area contributed by atoms with Crippen molar-refractivity contribution < 1.29 is 24.2 Å². The van der Waals surface area contributed by atoms with Crippen LogP contribution in [0.3, 0.4) is 0 Å². The SMILES string of the molecule is Cc1ncsc1-c1ccc(CNC(=O)C2[C@@H](F)[C@@H](O)CN2C(O)C(C(C)C)N2Cc3ccccc3C2=O)c(C(C)(C)C)c1. The number of β-amino-alcohol motifs (C(OH)–C–C–N with tert-alkyl or cyclic N) is 1. The van der Waals surface area contributed by atoms with E-state index in [4.69, 9.17) is 0 Å². The van der Waals surface area contributed by atoms with Gasteiger partial charge < -0.3 is 20.4 Å². The fourth-order valence-corrected chi connectivity index (χ4v) is 7.21.